The summed E-state index contributed by atoms with van der Waals surface area (Å²) in [7, 11) is 1.62. The van der Waals surface area contributed by atoms with Crippen LogP contribution in [0.3, 0.4) is 0 Å². The number of benzene rings is 2. The number of nitrogens with zero attached hydrogens (tertiary/aromatic N) is 2. The molecule has 2 N–H and O–H groups in total. The van der Waals surface area contributed by atoms with Crippen LogP contribution in [0, 0.1) is 4.77 Å². The Kier molecular flexibility index (Phi) is 6.98. The highest BCUT2D eigenvalue weighted by molar-refractivity contribution is 9.10. The summed E-state index contributed by atoms with van der Waals surface area (Å²) in [5, 5.41) is 7.69. The van der Waals surface area contributed by atoms with Gasteiger partial charge in [0.25, 0.3) is 0 Å². The van der Waals surface area contributed by atoms with Crippen molar-refractivity contribution in [1.82, 2.24) is 14.9 Å². The van der Waals surface area contributed by atoms with Crippen LogP contribution in [0.15, 0.2) is 40.9 Å². The van der Waals surface area contributed by atoms with Gasteiger partial charge in [0.15, 0.2) is 17.3 Å². The minimum Gasteiger partial charge on any atom is -0.493 e. The van der Waals surface area contributed by atoms with Gasteiger partial charge in [0.2, 0.25) is 4.77 Å². The molecule has 0 atom stereocenters. The van der Waals surface area contributed by atoms with Crippen LogP contribution in [-0.4, -0.2) is 22.0 Å². The van der Waals surface area contributed by atoms with E-state index in [0.717, 1.165) is 27.8 Å². The third-order valence-electron chi connectivity index (χ3n) is 4.13. The largest absolute Gasteiger partial charge is 0.493 e. The Morgan fingerprint density at radius 3 is 2.68 bits per heavy atom. The number of aromatic nitrogens is 3. The van der Waals surface area contributed by atoms with Crippen LogP contribution in [0.5, 0.6) is 11.5 Å². The highest BCUT2D eigenvalue weighted by atomic mass is 79.9. The van der Waals surface area contributed by atoms with Crippen molar-refractivity contribution in [1.29, 1.82) is 0 Å². The zero-order valence-electron chi connectivity index (χ0n) is 15.5. The van der Waals surface area contributed by atoms with Crippen molar-refractivity contribution in [2.45, 2.75) is 26.5 Å². The molecule has 9 heteroatoms. The Morgan fingerprint density at radius 2 is 2.00 bits per heavy atom. The SMILES string of the molecule is CCc1n[nH]c(=S)n1NCc1cc(OC)c(OCc2ccc(Cl)cc2)cc1Br. The zero-order valence-corrected chi connectivity index (χ0v) is 18.6. The number of aryl methyl sites for hydroxylation is 1. The summed E-state index contributed by atoms with van der Waals surface area (Å²) >= 11 is 14.8. The topological polar surface area (TPSA) is 64.1 Å². The van der Waals surface area contributed by atoms with Gasteiger partial charge in [-0.25, -0.2) is 4.68 Å². The molecule has 0 amide bonds. The number of halogens is 2. The second kappa shape index (κ2) is 9.45. The van der Waals surface area contributed by atoms with Gasteiger partial charge >= 0.3 is 0 Å². The molecule has 28 heavy (non-hydrogen) atoms. The van der Waals surface area contributed by atoms with Gasteiger partial charge in [0, 0.05) is 15.9 Å². The molecule has 0 spiro atoms. The van der Waals surface area contributed by atoms with Crippen molar-refractivity contribution in [3.05, 3.63) is 67.6 Å². The van der Waals surface area contributed by atoms with E-state index in [1.807, 2.05) is 43.3 Å². The van der Waals surface area contributed by atoms with Crippen LogP contribution in [-0.2, 0) is 19.6 Å². The molecule has 0 unspecified atom stereocenters. The van der Waals surface area contributed by atoms with Crippen molar-refractivity contribution in [3.8, 4) is 11.5 Å². The van der Waals surface area contributed by atoms with E-state index in [-0.39, 0.29) is 0 Å². The number of hydrogen-bond donors (Lipinski definition) is 2. The first-order valence-electron chi connectivity index (χ1n) is 8.65. The Balaban J connectivity index is 1.74. The first-order chi connectivity index (χ1) is 13.5. The van der Waals surface area contributed by atoms with Gasteiger partial charge in [0.1, 0.15) is 6.61 Å². The summed E-state index contributed by atoms with van der Waals surface area (Å²) in [6.45, 7) is 2.98. The van der Waals surface area contributed by atoms with Crippen LogP contribution in [0.25, 0.3) is 0 Å². The summed E-state index contributed by atoms with van der Waals surface area (Å²) in [5.74, 6) is 2.15. The summed E-state index contributed by atoms with van der Waals surface area (Å²) in [6, 6.07) is 11.4. The minimum atomic E-state index is 0.418. The van der Waals surface area contributed by atoms with E-state index in [2.05, 4.69) is 31.6 Å². The van der Waals surface area contributed by atoms with E-state index in [1.54, 1.807) is 11.8 Å². The highest BCUT2D eigenvalue weighted by Gasteiger charge is 2.12. The predicted molar refractivity (Wildman–Crippen MR) is 116 cm³/mol. The fourth-order valence-electron chi connectivity index (χ4n) is 2.62. The molecule has 0 aliphatic rings. The molecule has 0 fully saturated rings. The monoisotopic (exact) mass is 482 g/mol. The van der Waals surface area contributed by atoms with Crippen LogP contribution in [0.4, 0.5) is 0 Å². The Hall–Kier alpha value is -2.03. The van der Waals surface area contributed by atoms with Gasteiger partial charge in [-0.3, -0.25) is 5.10 Å². The van der Waals surface area contributed by atoms with Crippen LogP contribution in [0.1, 0.15) is 23.9 Å². The van der Waals surface area contributed by atoms with Crippen molar-refractivity contribution in [2.75, 3.05) is 12.5 Å². The number of rotatable bonds is 8. The molecule has 148 valence electrons. The van der Waals surface area contributed by atoms with Crippen LogP contribution >= 0.6 is 39.7 Å². The quantitative estimate of drug-likeness (QED) is 0.428. The standard InChI is InChI=1S/C19H20BrClN4O2S/c1-3-18-23-24-19(28)25(18)22-10-13-8-16(26-2)17(9-15(13)20)27-11-12-4-6-14(21)7-5-12/h4-9,22H,3,10-11H2,1-2H3,(H,24,28). The summed E-state index contributed by atoms with van der Waals surface area (Å²) in [5.41, 5.74) is 5.31. The fourth-order valence-corrected chi connectivity index (χ4v) is 3.42. The van der Waals surface area contributed by atoms with E-state index in [1.165, 1.54) is 0 Å². The molecule has 3 rings (SSSR count). The fraction of sp³-hybridized carbons (Fsp3) is 0.263. The number of H-pyrrole nitrogens is 1. The van der Waals surface area contributed by atoms with Gasteiger partial charge in [0.05, 0.1) is 13.7 Å². The smallest absolute Gasteiger partial charge is 0.214 e. The molecular formula is C19H20BrClN4O2S. The molecule has 6 nitrogen and oxygen atoms in total. The lowest BCUT2D eigenvalue weighted by molar-refractivity contribution is 0.284. The number of aromatic amines is 1. The minimum absolute atomic E-state index is 0.418. The first kappa shape index (κ1) is 20.7. The lowest BCUT2D eigenvalue weighted by Crippen LogP contribution is -2.17. The molecule has 0 saturated carbocycles. The molecule has 0 aliphatic heterocycles. The Bertz CT molecular complexity index is 1000. The average molecular weight is 484 g/mol. The van der Waals surface area contributed by atoms with Gasteiger partial charge in [-0.1, -0.05) is 46.6 Å². The molecular weight excluding hydrogens is 464 g/mol. The van der Waals surface area contributed by atoms with Gasteiger partial charge in [-0.2, -0.15) is 5.10 Å². The molecule has 0 aliphatic carbocycles. The maximum atomic E-state index is 5.94. The normalized spacial score (nSPS) is 10.7. The maximum Gasteiger partial charge on any atom is 0.214 e. The predicted octanol–water partition coefficient (Wildman–Crippen LogP) is 5.25. The van der Waals surface area contributed by atoms with E-state index in [4.69, 9.17) is 33.3 Å². The average Bonchev–Trinajstić information content (AvgIpc) is 3.06. The van der Waals surface area contributed by atoms with E-state index < -0.39 is 0 Å². The Morgan fingerprint density at radius 1 is 1.25 bits per heavy atom. The lowest BCUT2D eigenvalue weighted by Gasteiger charge is -2.15. The summed E-state index contributed by atoms with van der Waals surface area (Å²) in [4.78, 5) is 0. The van der Waals surface area contributed by atoms with Gasteiger partial charge in [-0.15, -0.1) is 0 Å². The summed E-state index contributed by atoms with van der Waals surface area (Å²) < 4.78 is 14.7. The number of nitrogens with one attached hydrogen (secondary N) is 2. The molecule has 2 aromatic carbocycles. The van der Waals surface area contributed by atoms with Crippen LogP contribution < -0.4 is 14.9 Å². The number of ether oxygens (including phenoxy) is 2. The molecule has 0 bridgehead atoms. The Labute approximate surface area is 181 Å². The lowest BCUT2D eigenvalue weighted by atomic mass is 10.2. The van der Waals surface area contributed by atoms with Gasteiger partial charge in [-0.05, 0) is 47.6 Å². The van der Waals surface area contributed by atoms with Crippen LogP contribution in [0.2, 0.25) is 5.02 Å². The molecule has 1 aromatic heterocycles. The van der Waals surface area contributed by atoms with Crippen molar-refractivity contribution < 1.29 is 9.47 Å². The molecule has 0 saturated heterocycles. The van der Waals surface area contributed by atoms with E-state index in [0.29, 0.717) is 34.4 Å². The summed E-state index contributed by atoms with van der Waals surface area (Å²) in [6.07, 6.45) is 0.766. The van der Waals surface area contributed by atoms with E-state index in [9.17, 15) is 0 Å². The third-order valence-corrected chi connectivity index (χ3v) is 5.39. The third kappa shape index (κ3) is 4.87. The molecule has 0 radical (unpaired) electrons. The highest BCUT2D eigenvalue weighted by Crippen LogP contribution is 2.34. The first-order valence-corrected chi connectivity index (χ1v) is 10.2. The van der Waals surface area contributed by atoms with Gasteiger partial charge < -0.3 is 14.9 Å². The van der Waals surface area contributed by atoms with E-state index >= 15 is 0 Å². The number of methoxy groups -OCH3 is 1. The second-order valence-corrected chi connectivity index (χ2v) is 7.66. The van der Waals surface area contributed by atoms with Crippen molar-refractivity contribution in [3.63, 3.8) is 0 Å². The maximum absolute atomic E-state index is 5.94. The second-order valence-electron chi connectivity index (χ2n) is 5.98. The molecule has 1 heterocycles. The van der Waals surface area contributed by atoms with Crippen molar-refractivity contribution in [2.24, 2.45) is 0 Å². The zero-order chi connectivity index (χ0) is 20.1. The molecule has 3 aromatic rings. The number of hydrogen-bond acceptors (Lipinski definition) is 5. The van der Waals surface area contributed by atoms with Crippen molar-refractivity contribution >= 4 is 39.7 Å².